The van der Waals surface area contributed by atoms with Crippen molar-refractivity contribution in [2.75, 3.05) is 17.7 Å². The highest BCUT2D eigenvalue weighted by Crippen LogP contribution is 2.33. The maximum Gasteiger partial charge on any atom is 0.341 e. The van der Waals surface area contributed by atoms with Gasteiger partial charge in [-0.3, -0.25) is 9.36 Å². The summed E-state index contributed by atoms with van der Waals surface area (Å²) in [5.74, 6) is 0.240. The van der Waals surface area contributed by atoms with E-state index in [1.165, 1.54) is 28.0 Å². The molecule has 10 heteroatoms. The lowest BCUT2D eigenvalue weighted by atomic mass is 10.1. The molecule has 0 saturated heterocycles. The number of carbonyl (C=O) groups excluding carboxylic acids is 2. The van der Waals surface area contributed by atoms with E-state index in [0.29, 0.717) is 22.3 Å². The number of aryl methyl sites for hydroxylation is 2. The third-order valence-corrected chi connectivity index (χ3v) is 7.42. The molecule has 0 aliphatic rings. The van der Waals surface area contributed by atoms with Gasteiger partial charge >= 0.3 is 5.97 Å². The van der Waals surface area contributed by atoms with Crippen LogP contribution in [0.25, 0.3) is 11.4 Å². The molecule has 3 aromatic heterocycles. The van der Waals surface area contributed by atoms with Crippen LogP contribution in [0.15, 0.2) is 29.3 Å². The molecule has 0 fully saturated rings. The summed E-state index contributed by atoms with van der Waals surface area (Å²) in [5, 5.41) is 14.6. The van der Waals surface area contributed by atoms with Crippen molar-refractivity contribution in [2.24, 2.45) is 0 Å². The number of nitrogens with one attached hydrogen (secondary N) is 1. The SMILES string of the molecule is C=CCn1c(SCC(=O)Nc2sc(C)c(C)c2C(=O)OCC)nnc1-c1csc(C)c1. The summed E-state index contributed by atoms with van der Waals surface area (Å²) >= 11 is 4.32. The zero-order chi connectivity index (χ0) is 22.5. The van der Waals surface area contributed by atoms with Gasteiger partial charge in [0.05, 0.1) is 17.9 Å². The average Bonchev–Trinajstić information content (AvgIpc) is 3.39. The number of ether oxygens (including phenoxy) is 1. The lowest BCUT2D eigenvalue weighted by molar-refractivity contribution is -0.113. The number of hydrogen-bond acceptors (Lipinski definition) is 8. The van der Waals surface area contributed by atoms with Gasteiger partial charge in [-0.1, -0.05) is 17.8 Å². The van der Waals surface area contributed by atoms with Crippen LogP contribution in [0, 0.1) is 20.8 Å². The first-order valence-electron chi connectivity index (χ1n) is 9.65. The van der Waals surface area contributed by atoms with E-state index in [4.69, 9.17) is 4.74 Å². The molecular weight excluding hydrogens is 452 g/mol. The molecule has 0 bridgehead atoms. The fourth-order valence-corrected chi connectivity index (χ4v) is 5.41. The second kappa shape index (κ2) is 10.3. The molecule has 3 rings (SSSR count). The molecule has 164 valence electrons. The first kappa shape index (κ1) is 23.2. The Morgan fingerprint density at radius 2 is 2.10 bits per heavy atom. The maximum absolute atomic E-state index is 12.6. The zero-order valence-electron chi connectivity index (χ0n) is 17.9. The molecular formula is C21H24N4O3S3. The summed E-state index contributed by atoms with van der Waals surface area (Å²) in [6, 6.07) is 2.06. The summed E-state index contributed by atoms with van der Waals surface area (Å²) < 4.78 is 7.08. The van der Waals surface area contributed by atoms with Crippen molar-refractivity contribution < 1.29 is 14.3 Å². The molecule has 0 unspecified atom stereocenters. The van der Waals surface area contributed by atoms with Crippen LogP contribution in [0.5, 0.6) is 0 Å². The van der Waals surface area contributed by atoms with Crippen molar-refractivity contribution in [3.63, 3.8) is 0 Å². The van der Waals surface area contributed by atoms with Crippen LogP contribution in [0.3, 0.4) is 0 Å². The summed E-state index contributed by atoms with van der Waals surface area (Å²) in [4.78, 5) is 27.1. The Bertz CT molecular complexity index is 1110. The minimum atomic E-state index is -0.422. The van der Waals surface area contributed by atoms with Crippen molar-refractivity contribution in [1.82, 2.24) is 14.8 Å². The highest BCUT2D eigenvalue weighted by atomic mass is 32.2. The summed E-state index contributed by atoms with van der Waals surface area (Å²) in [7, 11) is 0. The van der Waals surface area contributed by atoms with Crippen molar-refractivity contribution in [3.05, 3.63) is 45.0 Å². The second-order valence-electron chi connectivity index (χ2n) is 6.70. The normalized spacial score (nSPS) is 10.8. The number of carbonyl (C=O) groups is 2. The van der Waals surface area contributed by atoms with E-state index in [1.807, 2.05) is 30.7 Å². The molecule has 1 N–H and O–H groups in total. The first-order valence-corrected chi connectivity index (χ1v) is 12.3. The van der Waals surface area contributed by atoms with Gasteiger partial charge in [-0.15, -0.1) is 39.4 Å². The fourth-order valence-electron chi connectivity index (χ4n) is 2.92. The van der Waals surface area contributed by atoms with Crippen LogP contribution in [-0.2, 0) is 16.1 Å². The number of aromatic nitrogens is 3. The Hall–Kier alpha value is -2.43. The molecule has 0 spiro atoms. The van der Waals surface area contributed by atoms with E-state index in [-0.39, 0.29) is 18.3 Å². The van der Waals surface area contributed by atoms with E-state index < -0.39 is 5.97 Å². The monoisotopic (exact) mass is 476 g/mol. The van der Waals surface area contributed by atoms with Gasteiger partial charge in [0.25, 0.3) is 0 Å². The average molecular weight is 477 g/mol. The van der Waals surface area contributed by atoms with E-state index in [0.717, 1.165) is 21.8 Å². The molecule has 31 heavy (non-hydrogen) atoms. The highest BCUT2D eigenvalue weighted by Gasteiger charge is 2.22. The number of rotatable bonds is 9. The Kier molecular flexibility index (Phi) is 7.69. The van der Waals surface area contributed by atoms with Gasteiger partial charge < -0.3 is 10.1 Å². The number of thiophene rings is 2. The Labute approximate surface area is 193 Å². The molecule has 0 aromatic carbocycles. The molecule has 0 radical (unpaired) electrons. The summed E-state index contributed by atoms with van der Waals surface area (Å²) in [6.45, 7) is 12.2. The summed E-state index contributed by atoms with van der Waals surface area (Å²) in [6.07, 6.45) is 1.78. The first-order chi connectivity index (χ1) is 14.8. The van der Waals surface area contributed by atoms with Gasteiger partial charge in [-0.25, -0.2) is 4.79 Å². The van der Waals surface area contributed by atoms with Crippen LogP contribution < -0.4 is 5.32 Å². The van der Waals surface area contributed by atoms with Crippen LogP contribution in [0.1, 0.15) is 32.6 Å². The number of amides is 1. The van der Waals surface area contributed by atoms with Gasteiger partial charge in [0.15, 0.2) is 11.0 Å². The smallest absolute Gasteiger partial charge is 0.341 e. The van der Waals surface area contributed by atoms with E-state index >= 15 is 0 Å². The Morgan fingerprint density at radius 1 is 1.32 bits per heavy atom. The van der Waals surface area contributed by atoms with Crippen LogP contribution in [0.2, 0.25) is 0 Å². The van der Waals surface area contributed by atoms with Crippen LogP contribution in [0.4, 0.5) is 5.00 Å². The predicted octanol–water partition coefficient (Wildman–Crippen LogP) is 5.09. The highest BCUT2D eigenvalue weighted by molar-refractivity contribution is 7.99. The van der Waals surface area contributed by atoms with Crippen molar-refractivity contribution in [3.8, 4) is 11.4 Å². The molecule has 0 atom stereocenters. The molecule has 3 aromatic rings. The van der Waals surface area contributed by atoms with Gasteiger partial charge in [-0.2, -0.15) is 0 Å². The van der Waals surface area contributed by atoms with Gasteiger partial charge in [0.2, 0.25) is 5.91 Å². The number of nitrogens with zero attached hydrogens (tertiary/aromatic N) is 3. The lowest BCUT2D eigenvalue weighted by Gasteiger charge is -2.08. The van der Waals surface area contributed by atoms with E-state index in [9.17, 15) is 9.59 Å². The largest absolute Gasteiger partial charge is 0.462 e. The zero-order valence-corrected chi connectivity index (χ0v) is 20.3. The Morgan fingerprint density at radius 3 is 2.74 bits per heavy atom. The van der Waals surface area contributed by atoms with Crippen molar-refractivity contribution in [2.45, 2.75) is 39.4 Å². The molecule has 1 amide bonds. The number of hydrogen-bond donors (Lipinski definition) is 1. The number of thioether (sulfide) groups is 1. The maximum atomic E-state index is 12.6. The minimum absolute atomic E-state index is 0.135. The molecule has 0 aliphatic heterocycles. The minimum Gasteiger partial charge on any atom is -0.462 e. The quantitative estimate of drug-likeness (QED) is 0.263. The fraction of sp³-hybridized carbons (Fsp3) is 0.333. The molecule has 0 saturated carbocycles. The van der Waals surface area contributed by atoms with E-state index in [2.05, 4.69) is 28.2 Å². The van der Waals surface area contributed by atoms with Crippen LogP contribution >= 0.6 is 34.4 Å². The van der Waals surface area contributed by atoms with Gasteiger partial charge in [0.1, 0.15) is 5.00 Å². The topological polar surface area (TPSA) is 86.1 Å². The third kappa shape index (κ3) is 5.25. The predicted molar refractivity (Wildman–Crippen MR) is 127 cm³/mol. The molecule has 7 nitrogen and oxygen atoms in total. The van der Waals surface area contributed by atoms with Crippen molar-refractivity contribution in [1.29, 1.82) is 0 Å². The Balaban J connectivity index is 1.73. The van der Waals surface area contributed by atoms with Gasteiger partial charge in [0, 0.05) is 27.2 Å². The van der Waals surface area contributed by atoms with Crippen molar-refractivity contribution >= 4 is 51.3 Å². The third-order valence-electron chi connectivity index (χ3n) is 4.47. The molecule has 3 heterocycles. The van der Waals surface area contributed by atoms with E-state index in [1.54, 1.807) is 24.3 Å². The standard InChI is InChI=1S/C21H24N4O3S3/c1-6-8-25-18(15-9-12(3)29-10-15)23-24-21(25)30-11-16(26)22-19-17(20(27)28-7-2)13(4)14(5)31-19/h6,9-10H,1,7-8,11H2,2-5H3,(H,22,26). The number of anilines is 1. The van der Waals surface area contributed by atoms with Crippen LogP contribution in [-0.4, -0.2) is 39.0 Å². The number of esters is 1. The summed E-state index contributed by atoms with van der Waals surface area (Å²) in [5.41, 5.74) is 2.25. The van der Waals surface area contributed by atoms with Gasteiger partial charge in [-0.05, 0) is 39.3 Å². The lowest BCUT2D eigenvalue weighted by Crippen LogP contribution is -2.17. The molecule has 0 aliphatic carbocycles. The number of allylic oxidation sites excluding steroid dienone is 1. The second-order valence-corrected chi connectivity index (χ2v) is 9.98.